The lowest BCUT2D eigenvalue weighted by atomic mass is 10.1. The lowest BCUT2D eigenvalue weighted by Gasteiger charge is -2.22. The summed E-state index contributed by atoms with van der Waals surface area (Å²) in [5, 5.41) is 0. The van der Waals surface area contributed by atoms with Crippen LogP contribution in [0.3, 0.4) is 0 Å². The molecule has 8 rings (SSSR count). The van der Waals surface area contributed by atoms with E-state index in [9.17, 15) is 16.8 Å². The minimum Gasteiger partial charge on any atom is -0.279 e. The summed E-state index contributed by atoms with van der Waals surface area (Å²) in [5.41, 5.74) is 8.63. The van der Waals surface area contributed by atoms with E-state index < -0.39 is 20.2 Å². The molecule has 0 amide bonds. The molecule has 2 N–H and O–H groups in total. The van der Waals surface area contributed by atoms with Crippen molar-refractivity contribution in [2.75, 3.05) is 20.8 Å². The summed E-state index contributed by atoms with van der Waals surface area (Å²) < 4.78 is 63.7. The average molecular weight is 863 g/mol. The van der Waals surface area contributed by atoms with E-state index in [1.54, 1.807) is 40.2 Å². The standard InChI is InChI=1S/C44H34N10O6S2/c55-61(56,59-51-41-45-31-47-43(49-41)53(35-16-5-1-6-17-35)36-18-7-2-8-19-36)39-29-26-33(27-30-39)25-28-34-15-13-14-24-40(34)62(57,58)60-52-42-46-32-48-44(50-42)54(37-20-9-3-10-21-37)38-22-11-4-12-23-38/h1-32H,(H,45,47,49,51)(H,46,48,50,52). The lowest BCUT2D eigenvalue weighted by Crippen LogP contribution is -2.17. The zero-order valence-electron chi connectivity index (χ0n) is 32.3. The first-order valence-electron chi connectivity index (χ1n) is 18.7. The van der Waals surface area contributed by atoms with Crippen LogP contribution in [0.25, 0.3) is 12.2 Å². The summed E-state index contributed by atoms with van der Waals surface area (Å²) in [7, 11) is -8.76. The SMILES string of the molecule is O=S(=O)(ONc1ncnc(N(c2ccccc2)c2ccccc2)n1)c1ccc(C=Cc2ccccc2S(=O)(=O)ONc2ncnc(N(c3ccccc3)c3ccccc3)n2)cc1. The van der Waals surface area contributed by atoms with Crippen molar-refractivity contribution in [1.82, 2.24) is 29.9 Å². The molecule has 0 saturated heterocycles. The smallest absolute Gasteiger partial charge is 0.279 e. The molecule has 6 aromatic carbocycles. The van der Waals surface area contributed by atoms with Crippen LogP contribution in [-0.4, -0.2) is 46.7 Å². The van der Waals surface area contributed by atoms with Gasteiger partial charge < -0.3 is 0 Å². The predicted octanol–water partition coefficient (Wildman–Crippen LogP) is 8.63. The highest BCUT2D eigenvalue weighted by Crippen LogP contribution is 2.33. The molecule has 0 aliphatic rings. The van der Waals surface area contributed by atoms with E-state index in [0.29, 0.717) is 11.1 Å². The number of hydrogen-bond donors (Lipinski definition) is 2. The van der Waals surface area contributed by atoms with Crippen molar-refractivity contribution in [3.05, 3.63) is 194 Å². The summed E-state index contributed by atoms with van der Waals surface area (Å²) in [6.07, 6.45) is 5.66. The highest BCUT2D eigenvalue weighted by atomic mass is 32.2. The van der Waals surface area contributed by atoms with Gasteiger partial charge >= 0.3 is 20.2 Å². The van der Waals surface area contributed by atoms with Crippen molar-refractivity contribution in [2.24, 2.45) is 0 Å². The third kappa shape index (κ3) is 9.75. The molecule has 8 aromatic rings. The van der Waals surface area contributed by atoms with Crippen molar-refractivity contribution < 1.29 is 25.4 Å². The molecule has 0 fully saturated rings. The van der Waals surface area contributed by atoms with Crippen LogP contribution in [0.5, 0.6) is 0 Å². The minimum absolute atomic E-state index is 0.140. The van der Waals surface area contributed by atoms with E-state index in [1.807, 2.05) is 121 Å². The Morgan fingerprint density at radius 2 is 0.839 bits per heavy atom. The number of anilines is 8. The van der Waals surface area contributed by atoms with Crippen molar-refractivity contribution in [3.63, 3.8) is 0 Å². The molecule has 0 saturated carbocycles. The van der Waals surface area contributed by atoms with Gasteiger partial charge in [-0.15, -0.1) is 8.57 Å². The normalized spacial score (nSPS) is 11.5. The second-order valence-electron chi connectivity index (χ2n) is 13.0. The topological polar surface area (TPSA) is 195 Å². The molecule has 16 nitrogen and oxygen atoms in total. The molecule has 18 heteroatoms. The van der Waals surface area contributed by atoms with Crippen LogP contribution < -0.4 is 20.8 Å². The van der Waals surface area contributed by atoms with Gasteiger partial charge in [-0.3, -0.25) is 9.80 Å². The summed E-state index contributed by atoms with van der Waals surface area (Å²) in [4.78, 5) is 28.8. The van der Waals surface area contributed by atoms with E-state index in [2.05, 4.69) is 40.9 Å². The van der Waals surface area contributed by atoms with E-state index in [4.69, 9.17) is 8.57 Å². The van der Waals surface area contributed by atoms with E-state index in [0.717, 1.165) is 22.7 Å². The molecule has 308 valence electrons. The third-order valence-electron chi connectivity index (χ3n) is 8.87. The Balaban J connectivity index is 0.930. The fourth-order valence-electron chi connectivity index (χ4n) is 6.01. The zero-order chi connectivity index (χ0) is 42.8. The molecule has 0 atom stereocenters. The van der Waals surface area contributed by atoms with Crippen LogP contribution in [0.4, 0.5) is 46.5 Å². The number of rotatable bonds is 16. The second kappa shape index (κ2) is 18.6. The van der Waals surface area contributed by atoms with Crippen LogP contribution in [0.15, 0.2) is 192 Å². The second-order valence-corrected chi connectivity index (χ2v) is 16.0. The van der Waals surface area contributed by atoms with Crippen molar-refractivity contribution in [3.8, 4) is 0 Å². The largest absolute Gasteiger partial charge is 0.318 e. The quantitative estimate of drug-likeness (QED) is 0.0691. The molecule has 0 spiro atoms. The van der Waals surface area contributed by atoms with Crippen LogP contribution in [-0.2, 0) is 28.8 Å². The van der Waals surface area contributed by atoms with Crippen molar-refractivity contribution >= 4 is 78.9 Å². The third-order valence-corrected chi connectivity index (χ3v) is 11.2. The molecule has 0 bridgehead atoms. The van der Waals surface area contributed by atoms with Gasteiger partial charge in [-0.05, 0) is 77.9 Å². The van der Waals surface area contributed by atoms with E-state index in [1.165, 1.54) is 43.0 Å². The number of para-hydroxylation sites is 4. The van der Waals surface area contributed by atoms with E-state index in [-0.39, 0.29) is 33.6 Å². The number of nitrogens with one attached hydrogen (secondary N) is 2. The maximum Gasteiger partial charge on any atom is 0.318 e. The van der Waals surface area contributed by atoms with Gasteiger partial charge in [0.15, 0.2) is 0 Å². The van der Waals surface area contributed by atoms with Crippen molar-refractivity contribution in [1.29, 1.82) is 0 Å². The first kappa shape index (κ1) is 40.9. The zero-order valence-corrected chi connectivity index (χ0v) is 34.0. The van der Waals surface area contributed by atoms with Gasteiger partial charge in [-0.25, -0.2) is 20.9 Å². The number of nitrogens with zero attached hydrogens (tertiary/aromatic N) is 8. The lowest BCUT2D eigenvalue weighted by molar-refractivity contribution is 0.385. The molecule has 62 heavy (non-hydrogen) atoms. The van der Waals surface area contributed by atoms with Crippen molar-refractivity contribution in [2.45, 2.75) is 9.79 Å². The maximum absolute atomic E-state index is 13.5. The fraction of sp³-hybridized carbons (Fsp3) is 0. The molecule has 0 aliphatic carbocycles. The Kier molecular flexibility index (Phi) is 12.2. The Labute approximate surface area is 357 Å². The minimum atomic E-state index is -4.42. The Bertz CT molecular complexity index is 2930. The predicted molar refractivity (Wildman–Crippen MR) is 235 cm³/mol. The first-order valence-corrected chi connectivity index (χ1v) is 21.5. The van der Waals surface area contributed by atoms with Crippen LogP contribution in [0, 0.1) is 0 Å². The first-order chi connectivity index (χ1) is 30.2. The van der Waals surface area contributed by atoms with Gasteiger partial charge in [0.2, 0.25) is 11.9 Å². The monoisotopic (exact) mass is 862 g/mol. The van der Waals surface area contributed by atoms with Crippen LogP contribution in [0.2, 0.25) is 0 Å². The summed E-state index contributed by atoms with van der Waals surface area (Å²) in [5.74, 6) is 0.158. The highest BCUT2D eigenvalue weighted by Gasteiger charge is 2.22. The molecule has 2 heterocycles. The molecule has 2 aromatic heterocycles. The summed E-state index contributed by atoms with van der Waals surface area (Å²) in [6.45, 7) is 0. The highest BCUT2D eigenvalue weighted by molar-refractivity contribution is 7.87. The molecule has 0 unspecified atom stereocenters. The number of hydrogen-bond acceptors (Lipinski definition) is 16. The average Bonchev–Trinajstić information content (AvgIpc) is 3.32. The Morgan fingerprint density at radius 1 is 0.435 bits per heavy atom. The summed E-state index contributed by atoms with van der Waals surface area (Å²) >= 11 is 0. The molecule has 0 radical (unpaired) electrons. The van der Waals surface area contributed by atoms with Gasteiger partial charge in [-0.2, -0.15) is 36.8 Å². The van der Waals surface area contributed by atoms with Gasteiger partial charge in [-0.1, -0.05) is 115 Å². The van der Waals surface area contributed by atoms with E-state index >= 15 is 0 Å². The van der Waals surface area contributed by atoms with Crippen LogP contribution in [0.1, 0.15) is 11.1 Å². The fourth-order valence-corrected chi connectivity index (χ4v) is 7.71. The van der Waals surface area contributed by atoms with Gasteiger partial charge in [0.05, 0.1) is 4.90 Å². The van der Waals surface area contributed by atoms with Crippen LogP contribution >= 0.6 is 0 Å². The Hall–Kier alpha value is -7.90. The Morgan fingerprint density at radius 3 is 1.29 bits per heavy atom. The molecular weight excluding hydrogens is 829 g/mol. The molecular formula is C44H34N10O6S2. The number of benzene rings is 6. The maximum atomic E-state index is 13.5. The summed E-state index contributed by atoms with van der Waals surface area (Å²) in [6, 6.07) is 49.7. The number of aromatic nitrogens is 6. The molecule has 0 aliphatic heterocycles. The van der Waals surface area contributed by atoms with Gasteiger partial charge in [0.1, 0.15) is 17.6 Å². The van der Waals surface area contributed by atoms with Gasteiger partial charge in [0, 0.05) is 22.7 Å². The van der Waals surface area contributed by atoms with Gasteiger partial charge in [0.25, 0.3) is 11.9 Å².